The fourth-order valence-electron chi connectivity index (χ4n) is 7.92. The van der Waals surface area contributed by atoms with Gasteiger partial charge in [-0.25, -0.2) is 0 Å². The highest BCUT2D eigenvalue weighted by Gasteiger charge is 2.43. The van der Waals surface area contributed by atoms with Gasteiger partial charge in [0.25, 0.3) is 0 Å². The van der Waals surface area contributed by atoms with Crippen LogP contribution >= 0.6 is 0 Å². The Morgan fingerprint density at radius 1 is 0.419 bits per heavy atom. The fraction of sp³-hybridized carbons (Fsp3) is 0.0244. The van der Waals surface area contributed by atoms with E-state index in [2.05, 4.69) is 151 Å². The molecule has 0 unspecified atom stereocenters. The van der Waals surface area contributed by atoms with Crippen molar-refractivity contribution in [2.45, 2.75) is 6.92 Å². The molecule has 10 rings (SSSR count). The summed E-state index contributed by atoms with van der Waals surface area (Å²) in [7, 11) is 0. The Kier molecular flexibility index (Phi) is 4.52. The van der Waals surface area contributed by atoms with Crippen LogP contribution in [0.2, 0.25) is 0 Å². The minimum atomic E-state index is 0.0586. The van der Waals surface area contributed by atoms with Gasteiger partial charge in [-0.05, 0) is 96.3 Å². The third-order valence-corrected chi connectivity index (χ3v) is 9.80. The Hall–Kier alpha value is -5.34. The standard InChI is InChI=1S/C41H26BN/c1-25-14-17-33-31(20-25)16-19-38-41(33)34-21-27-9-2-4-11-29(27)23-37(34)42-36-18-15-26-8-6-7-13-32(26)40(36)35-22-28-10-3-5-12-30(28)24-39(35)43(38)42/h2-24H,1H3. The quantitative estimate of drug-likeness (QED) is 0.172. The molecule has 0 atom stereocenters. The first-order chi connectivity index (χ1) is 21.2. The highest BCUT2D eigenvalue weighted by atomic mass is 15.1. The van der Waals surface area contributed by atoms with Crippen molar-refractivity contribution in [2.75, 3.05) is 4.81 Å². The van der Waals surface area contributed by atoms with E-state index in [1.54, 1.807) is 0 Å². The predicted molar refractivity (Wildman–Crippen MR) is 186 cm³/mol. The van der Waals surface area contributed by atoms with E-state index in [0.717, 1.165) is 0 Å². The molecule has 2 aliphatic heterocycles. The zero-order valence-corrected chi connectivity index (χ0v) is 23.8. The Morgan fingerprint density at radius 2 is 1.05 bits per heavy atom. The summed E-state index contributed by atoms with van der Waals surface area (Å²) in [5.41, 5.74) is 11.9. The van der Waals surface area contributed by atoms with E-state index >= 15 is 0 Å². The minimum Gasteiger partial charge on any atom is -0.376 e. The molecule has 0 aromatic heterocycles. The Bertz CT molecular complexity index is 2490. The van der Waals surface area contributed by atoms with Gasteiger partial charge in [0.15, 0.2) is 0 Å². The van der Waals surface area contributed by atoms with Crippen molar-refractivity contribution in [2.24, 2.45) is 0 Å². The molecule has 0 aliphatic carbocycles. The number of nitrogens with zero attached hydrogens (tertiary/aromatic N) is 1. The van der Waals surface area contributed by atoms with E-state index < -0.39 is 0 Å². The van der Waals surface area contributed by atoms with Gasteiger partial charge >= 0.3 is 6.85 Å². The van der Waals surface area contributed by atoms with Crippen LogP contribution in [0.4, 0.5) is 11.4 Å². The number of anilines is 2. The van der Waals surface area contributed by atoms with Crippen LogP contribution in [0.1, 0.15) is 5.56 Å². The number of benzene rings is 8. The van der Waals surface area contributed by atoms with E-state index in [4.69, 9.17) is 0 Å². The van der Waals surface area contributed by atoms with Gasteiger partial charge in [0.05, 0.1) is 0 Å². The summed E-state index contributed by atoms with van der Waals surface area (Å²) in [4.78, 5) is 2.64. The first-order valence-electron chi connectivity index (χ1n) is 15.1. The second-order valence-electron chi connectivity index (χ2n) is 12.2. The van der Waals surface area contributed by atoms with E-state index in [-0.39, 0.29) is 6.85 Å². The maximum atomic E-state index is 2.64. The molecule has 0 spiro atoms. The molecule has 0 amide bonds. The third kappa shape index (κ3) is 3.13. The SMILES string of the molecule is Cc1ccc2c3c(ccc2c1)N1B(c2cc4ccccc4cc2-3)c2ccc3ccccc3c2-c2cc3ccccc3cc21. The molecule has 0 N–H and O–H groups in total. The van der Waals surface area contributed by atoms with Gasteiger partial charge < -0.3 is 4.81 Å². The van der Waals surface area contributed by atoms with Crippen LogP contribution < -0.4 is 15.7 Å². The lowest BCUT2D eigenvalue weighted by atomic mass is 9.42. The lowest BCUT2D eigenvalue weighted by Crippen LogP contribution is -2.59. The van der Waals surface area contributed by atoms with Crippen LogP contribution in [-0.4, -0.2) is 6.85 Å². The molecule has 2 aliphatic rings. The maximum Gasteiger partial charge on any atom is 0.329 e. The molecular weight excluding hydrogens is 517 g/mol. The molecular formula is C41H26BN. The molecule has 2 heteroatoms. The normalized spacial score (nSPS) is 13.1. The summed E-state index contributed by atoms with van der Waals surface area (Å²) >= 11 is 0. The molecule has 8 aromatic rings. The molecule has 0 saturated heterocycles. The molecule has 2 heterocycles. The monoisotopic (exact) mass is 543 g/mol. The number of fused-ring (bicyclic) bond motifs is 17. The number of hydrogen-bond acceptors (Lipinski definition) is 1. The average molecular weight is 543 g/mol. The van der Waals surface area contributed by atoms with E-state index in [1.165, 1.54) is 93.2 Å². The van der Waals surface area contributed by atoms with Crippen molar-refractivity contribution in [3.8, 4) is 22.3 Å². The van der Waals surface area contributed by atoms with Gasteiger partial charge in [0.2, 0.25) is 0 Å². The zero-order valence-electron chi connectivity index (χ0n) is 23.8. The smallest absolute Gasteiger partial charge is 0.329 e. The lowest BCUT2D eigenvalue weighted by Gasteiger charge is -2.44. The van der Waals surface area contributed by atoms with Gasteiger partial charge in [0, 0.05) is 22.5 Å². The molecule has 43 heavy (non-hydrogen) atoms. The summed E-state index contributed by atoms with van der Waals surface area (Å²) < 4.78 is 0. The van der Waals surface area contributed by atoms with Crippen molar-refractivity contribution >= 4 is 72.2 Å². The Balaban J connectivity index is 1.41. The number of aryl methyl sites for hydroxylation is 1. The molecule has 198 valence electrons. The van der Waals surface area contributed by atoms with E-state index in [1.807, 2.05) is 0 Å². The highest BCUT2D eigenvalue weighted by Crippen LogP contribution is 2.50. The highest BCUT2D eigenvalue weighted by molar-refractivity contribution is 6.93. The third-order valence-electron chi connectivity index (χ3n) is 9.80. The van der Waals surface area contributed by atoms with Crippen molar-refractivity contribution in [1.82, 2.24) is 0 Å². The van der Waals surface area contributed by atoms with Gasteiger partial charge in [-0.2, -0.15) is 0 Å². The molecule has 8 aromatic carbocycles. The van der Waals surface area contributed by atoms with Crippen LogP contribution in [-0.2, 0) is 0 Å². The van der Waals surface area contributed by atoms with Crippen LogP contribution in [0.25, 0.3) is 65.3 Å². The number of rotatable bonds is 0. The number of hydrogen-bond donors (Lipinski definition) is 0. The molecule has 0 fully saturated rings. The van der Waals surface area contributed by atoms with Gasteiger partial charge in [-0.3, -0.25) is 0 Å². The summed E-state index contributed by atoms with van der Waals surface area (Å²) in [6.07, 6.45) is 0. The van der Waals surface area contributed by atoms with Crippen molar-refractivity contribution in [1.29, 1.82) is 0 Å². The van der Waals surface area contributed by atoms with Crippen LogP contribution in [0.15, 0.2) is 140 Å². The van der Waals surface area contributed by atoms with Gasteiger partial charge in [0.1, 0.15) is 0 Å². The van der Waals surface area contributed by atoms with Crippen LogP contribution in [0.5, 0.6) is 0 Å². The second-order valence-corrected chi connectivity index (χ2v) is 12.2. The summed E-state index contributed by atoms with van der Waals surface area (Å²) in [6.45, 7) is 2.24. The van der Waals surface area contributed by atoms with Crippen molar-refractivity contribution in [3.05, 3.63) is 145 Å². The van der Waals surface area contributed by atoms with Crippen molar-refractivity contribution < 1.29 is 0 Å². The first-order valence-corrected chi connectivity index (χ1v) is 15.1. The topological polar surface area (TPSA) is 3.24 Å². The first kappa shape index (κ1) is 23.3. The predicted octanol–water partition coefficient (Wildman–Crippen LogP) is 9.51. The molecule has 0 saturated carbocycles. The summed E-state index contributed by atoms with van der Waals surface area (Å²) in [6, 6.07) is 52.6. The van der Waals surface area contributed by atoms with E-state index in [0.29, 0.717) is 0 Å². The Labute approximate surface area is 250 Å². The summed E-state index contributed by atoms with van der Waals surface area (Å²) in [5.74, 6) is 0. The minimum absolute atomic E-state index is 0.0586. The van der Waals surface area contributed by atoms with Crippen LogP contribution in [0, 0.1) is 6.92 Å². The largest absolute Gasteiger partial charge is 0.376 e. The molecule has 0 radical (unpaired) electrons. The van der Waals surface area contributed by atoms with E-state index in [9.17, 15) is 0 Å². The van der Waals surface area contributed by atoms with Crippen LogP contribution in [0.3, 0.4) is 0 Å². The van der Waals surface area contributed by atoms with Gasteiger partial charge in [-0.1, -0.05) is 121 Å². The van der Waals surface area contributed by atoms with Crippen molar-refractivity contribution in [3.63, 3.8) is 0 Å². The molecule has 1 nitrogen and oxygen atoms in total. The second kappa shape index (κ2) is 8.37. The maximum absolute atomic E-state index is 2.64. The fourth-order valence-corrected chi connectivity index (χ4v) is 7.92. The van der Waals surface area contributed by atoms with Gasteiger partial charge in [-0.15, -0.1) is 0 Å². The lowest BCUT2D eigenvalue weighted by molar-refractivity contribution is 1.37. The zero-order chi connectivity index (χ0) is 28.2. The Morgan fingerprint density at radius 3 is 1.84 bits per heavy atom. The molecule has 0 bridgehead atoms. The summed E-state index contributed by atoms with van der Waals surface area (Å²) in [5, 5.41) is 10.3. The average Bonchev–Trinajstić information content (AvgIpc) is 3.05.